The first kappa shape index (κ1) is 18.8. The quantitative estimate of drug-likeness (QED) is 0.768. The molecule has 25 heavy (non-hydrogen) atoms. The third kappa shape index (κ3) is 5.22. The van der Waals surface area contributed by atoms with Crippen LogP contribution in [0.5, 0.6) is 11.5 Å². The molecule has 0 aliphatic rings. The van der Waals surface area contributed by atoms with Gasteiger partial charge in [-0.15, -0.1) is 0 Å². The van der Waals surface area contributed by atoms with E-state index >= 15 is 0 Å². The van der Waals surface area contributed by atoms with E-state index in [1.54, 1.807) is 7.11 Å². The fraction of sp³-hybridized carbons (Fsp3) is 0.350. The molecule has 2 aromatic carbocycles. The summed E-state index contributed by atoms with van der Waals surface area (Å²) >= 11 is 0. The lowest BCUT2D eigenvalue weighted by Crippen LogP contribution is -2.32. The van der Waals surface area contributed by atoms with Crippen molar-refractivity contribution in [3.8, 4) is 11.5 Å². The normalized spacial score (nSPS) is 12.0. The van der Waals surface area contributed by atoms with Crippen LogP contribution in [-0.4, -0.2) is 24.2 Å². The highest BCUT2D eigenvalue weighted by atomic mass is 16.5. The molecule has 0 aliphatic heterocycles. The van der Waals surface area contributed by atoms with Crippen LogP contribution in [0.25, 0.3) is 0 Å². The molecule has 5 nitrogen and oxygen atoms in total. The van der Waals surface area contributed by atoms with Crippen molar-refractivity contribution in [1.82, 2.24) is 0 Å². The summed E-state index contributed by atoms with van der Waals surface area (Å²) in [6.07, 6.45) is 0.259. The smallest absolute Gasteiger partial charge is 0.320 e. The maximum absolute atomic E-state index is 10.9. The Morgan fingerprint density at radius 1 is 1.16 bits per heavy atom. The average Bonchev–Trinajstić information content (AvgIpc) is 2.60. The first-order valence-corrected chi connectivity index (χ1v) is 8.27. The molecule has 2 aromatic rings. The van der Waals surface area contributed by atoms with Crippen LogP contribution in [0.1, 0.15) is 36.5 Å². The molecule has 0 aliphatic carbocycles. The molecule has 0 spiro atoms. The minimum atomic E-state index is -1.01. The second kappa shape index (κ2) is 8.53. The van der Waals surface area contributed by atoms with E-state index in [-0.39, 0.29) is 6.42 Å². The number of rotatable bonds is 8. The highest BCUT2D eigenvalue weighted by molar-refractivity contribution is 5.73. The van der Waals surface area contributed by atoms with E-state index in [1.165, 1.54) is 5.56 Å². The van der Waals surface area contributed by atoms with E-state index in [0.717, 1.165) is 16.9 Å². The van der Waals surface area contributed by atoms with Crippen LogP contribution in [0.2, 0.25) is 0 Å². The summed E-state index contributed by atoms with van der Waals surface area (Å²) in [4.78, 5) is 10.9. The first-order chi connectivity index (χ1) is 11.9. The van der Waals surface area contributed by atoms with Gasteiger partial charge in [-0.25, -0.2) is 0 Å². The monoisotopic (exact) mass is 343 g/mol. The number of ether oxygens (including phenoxy) is 2. The Balaban J connectivity index is 2.10. The second-order valence-electron chi connectivity index (χ2n) is 6.31. The van der Waals surface area contributed by atoms with Gasteiger partial charge in [0.1, 0.15) is 24.1 Å². The van der Waals surface area contributed by atoms with Crippen LogP contribution in [0.15, 0.2) is 42.5 Å². The molecule has 0 heterocycles. The van der Waals surface area contributed by atoms with Crippen molar-refractivity contribution in [2.75, 3.05) is 7.11 Å². The lowest BCUT2D eigenvalue weighted by atomic mass is 10.0. The zero-order chi connectivity index (χ0) is 18.4. The van der Waals surface area contributed by atoms with Crippen LogP contribution in [0.4, 0.5) is 0 Å². The third-order valence-electron chi connectivity index (χ3n) is 4.06. The summed E-state index contributed by atoms with van der Waals surface area (Å²) in [5, 5.41) is 8.95. The average molecular weight is 343 g/mol. The zero-order valence-electron chi connectivity index (χ0n) is 14.9. The lowest BCUT2D eigenvalue weighted by Gasteiger charge is -2.14. The van der Waals surface area contributed by atoms with Crippen molar-refractivity contribution in [3.63, 3.8) is 0 Å². The number of aliphatic carboxylic acids is 1. The minimum Gasteiger partial charge on any atom is -0.496 e. The number of methoxy groups -OCH3 is 1. The highest BCUT2D eigenvalue weighted by Crippen LogP contribution is 2.24. The van der Waals surface area contributed by atoms with Crippen molar-refractivity contribution < 1.29 is 19.4 Å². The van der Waals surface area contributed by atoms with E-state index in [0.29, 0.717) is 18.3 Å². The maximum atomic E-state index is 10.9. The highest BCUT2D eigenvalue weighted by Gasteiger charge is 2.14. The van der Waals surface area contributed by atoms with Gasteiger partial charge < -0.3 is 20.3 Å². The topological polar surface area (TPSA) is 81.8 Å². The SMILES string of the molecule is COc1ccc(CC(N)C(=O)O)cc1COc1ccc(C(C)C)cc1. The van der Waals surface area contributed by atoms with Crippen LogP contribution in [0.3, 0.4) is 0 Å². The minimum absolute atomic E-state index is 0.259. The predicted molar refractivity (Wildman–Crippen MR) is 97.2 cm³/mol. The molecule has 0 bridgehead atoms. The first-order valence-electron chi connectivity index (χ1n) is 8.27. The van der Waals surface area contributed by atoms with E-state index in [9.17, 15) is 4.79 Å². The largest absolute Gasteiger partial charge is 0.496 e. The van der Waals surface area contributed by atoms with Gasteiger partial charge >= 0.3 is 5.97 Å². The number of benzene rings is 2. The lowest BCUT2D eigenvalue weighted by molar-refractivity contribution is -0.138. The number of hydrogen-bond donors (Lipinski definition) is 2. The predicted octanol–water partition coefficient (Wildman–Crippen LogP) is 3.35. The van der Waals surface area contributed by atoms with Crippen molar-refractivity contribution in [1.29, 1.82) is 0 Å². The van der Waals surface area contributed by atoms with E-state index in [1.807, 2.05) is 30.3 Å². The summed E-state index contributed by atoms with van der Waals surface area (Å²) in [6, 6.07) is 12.6. The molecule has 0 radical (unpaired) electrons. The van der Waals surface area contributed by atoms with Gasteiger partial charge in [0.2, 0.25) is 0 Å². The van der Waals surface area contributed by atoms with Crippen molar-refractivity contribution in [3.05, 3.63) is 59.2 Å². The zero-order valence-corrected chi connectivity index (χ0v) is 14.9. The summed E-state index contributed by atoms with van der Waals surface area (Å²) in [5.41, 5.74) is 8.56. The molecule has 0 amide bonds. The Kier molecular flexibility index (Phi) is 6.42. The molecule has 0 fully saturated rings. The molecule has 3 N–H and O–H groups in total. The van der Waals surface area contributed by atoms with E-state index in [4.69, 9.17) is 20.3 Å². The Labute approximate surface area is 148 Å². The number of nitrogens with two attached hydrogens (primary N) is 1. The maximum Gasteiger partial charge on any atom is 0.320 e. The molecule has 1 unspecified atom stereocenters. The van der Waals surface area contributed by atoms with Crippen LogP contribution in [-0.2, 0) is 17.8 Å². The molecule has 5 heteroatoms. The standard InChI is InChI=1S/C20H25NO4/c1-13(2)15-5-7-17(8-6-15)25-12-16-10-14(4-9-19(16)24-3)11-18(21)20(22)23/h4-10,13,18H,11-12,21H2,1-3H3,(H,22,23). The number of carboxylic acids is 1. The Bertz CT molecular complexity index is 710. The molecular weight excluding hydrogens is 318 g/mol. The fourth-order valence-electron chi connectivity index (χ4n) is 2.52. The fourth-order valence-corrected chi connectivity index (χ4v) is 2.52. The van der Waals surface area contributed by atoms with Gasteiger partial charge in [0.05, 0.1) is 7.11 Å². The van der Waals surface area contributed by atoms with Gasteiger partial charge in [0.15, 0.2) is 0 Å². The third-order valence-corrected chi connectivity index (χ3v) is 4.06. The molecule has 2 rings (SSSR count). The summed E-state index contributed by atoms with van der Waals surface area (Å²) in [5.74, 6) is 0.939. The number of carboxylic acid groups (broad SMARTS) is 1. The van der Waals surface area contributed by atoms with Crippen molar-refractivity contribution >= 4 is 5.97 Å². The van der Waals surface area contributed by atoms with Crippen molar-refractivity contribution in [2.45, 2.75) is 38.8 Å². The molecule has 0 aromatic heterocycles. The number of hydrogen-bond acceptors (Lipinski definition) is 4. The Morgan fingerprint density at radius 2 is 1.84 bits per heavy atom. The molecular formula is C20H25NO4. The van der Waals surface area contributed by atoms with Gasteiger partial charge in [-0.3, -0.25) is 4.79 Å². The van der Waals surface area contributed by atoms with Gasteiger partial charge in [0, 0.05) is 5.56 Å². The Hall–Kier alpha value is -2.53. The van der Waals surface area contributed by atoms with E-state index in [2.05, 4.69) is 26.0 Å². The van der Waals surface area contributed by atoms with E-state index < -0.39 is 12.0 Å². The summed E-state index contributed by atoms with van der Waals surface area (Å²) < 4.78 is 11.2. The molecule has 134 valence electrons. The molecule has 0 saturated heterocycles. The van der Waals surface area contributed by atoms with Gasteiger partial charge in [-0.05, 0) is 47.7 Å². The van der Waals surface area contributed by atoms with Gasteiger partial charge in [-0.1, -0.05) is 32.0 Å². The molecule has 0 saturated carbocycles. The summed E-state index contributed by atoms with van der Waals surface area (Å²) in [6.45, 7) is 4.63. The van der Waals surface area contributed by atoms with Gasteiger partial charge in [0.25, 0.3) is 0 Å². The molecule has 1 atom stereocenters. The Morgan fingerprint density at radius 3 is 2.40 bits per heavy atom. The van der Waals surface area contributed by atoms with Crippen LogP contribution in [0, 0.1) is 0 Å². The number of carbonyl (C=O) groups is 1. The van der Waals surface area contributed by atoms with Crippen molar-refractivity contribution in [2.24, 2.45) is 5.73 Å². The van der Waals surface area contributed by atoms with Crippen LogP contribution >= 0.6 is 0 Å². The second-order valence-corrected chi connectivity index (χ2v) is 6.31. The van der Waals surface area contributed by atoms with Gasteiger partial charge in [-0.2, -0.15) is 0 Å². The summed E-state index contributed by atoms with van der Waals surface area (Å²) in [7, 11) is 1.60. The van der Waals surface area contributed by atoms with Crippen LogP contribution < -0.4 is 15.2 Å².